The number of carbonyl (C=O) groups is 2. The first kappa shape index (κ1) is 84.4. The Labute approximate surface area is 548 Å². The predicted octanol–water partition coefficient (Wildman–Crippen LogP) is 20.1. The van der Waals surface area contributed by atoms with Crippen molar-refractivity contribution >= 4 is 11.9 Å². The van der Waals surface area contributed by atoms with E-state index in [1.165, 1.54) is 263 Å². The largest absolute Gasteiger partial charge is 0.466 e. The van der Waals surface area contributed by atoms with Gasteiger partial charge in [-0.2, -0.15) is 0 Å². The van der Waals surface area contributed by atoms with Crippen LogP contribution in [-0.4, -0.2) is 100 Å². The van der Waals surface area contributed by atoms with E-state index >= 15 is 0 Å². The molecule has 1 saturated heterocycles. The van der Waals surface area contributed by atoms with Crippen LogP contribution in [0, 0.1) is 0 Å². The summed E-state index contributed by atoms with van der Waals surface area (Å²) in [5, 5.41) is 54.4. The van der Waals surface area contributed by atoms with E-state index in [-0.39, 0.29) is 18.5 Å². The number of nitrogens with one attached hydrogen (secondary N) is 1. The van der Waals surface area contributed by atoms with Gasteiger partial charge >= 0.3 is 5.97 Å². The van der Waals surface area contributed by atoms with Gasteiger partial charge in [-0.05, 0) is 89.9 Å². The molecule has 0 bridgehead atoms. The van der Waals surface area contributed by atoms with E-state index in [1.54, 1.807) is 6.08 Å². The molecule has 89 heavy (non-hydrogen) atoms. The Hall–Kier alpha value is -2.64. The zero-order valence-corrected chi connectivity index (χ0v) is 57.9. The highest BCUT2D eigenvalue weighted by Crippen LogP contribution is 2.23. The quantitative estimate of drug-likeness (QED) is 0.0195. The van der Waals surface area contributed by atoms with Crippen LogP contribution in [0.4, 0.5) is 0 Å². The first-order chi connectivity index (χ1) is 43.7. The maximum atomic E-state index is 13.0. The molecule has 0 aromatic heterocycles. The third-order valence-electron chi connectivity index (χ3n) is 17.8. The van der Waals surface area contributed by atoms with Crippen molar-refractivity contribution in [1.29, 1.82) is 0 Å². The van der Waals surface area contributed by atoms with Crippen molar-refractivity contribution < 1.29 is 49.3 Å². The Morgan fingerprint density at radius 3 is 1.17 bits per heavy atom. The van der Waals surface area contributed by atoms with Gasteiger partial charge in [-0.25, -0.2) is 0 Å². The number of hydrogen-bond acceptors (Lipinski definition) is 10. The standard InChI is InChI=1S/C78H143NO10/c1-3-5-7-9-11-13-15-16-43-46-50-54-58-62-66-74(83)87-67-63-59-55-51-47-44-41-39-37-35-33-31-29-27-25-23-21-19-17-18-20-22-24-26-28-30-32-34-36-38-40-42-45-49-53-57-61-65-73(82)79-70(69-88-78-77(86)76(85)75(84)72(68-80)89-78)71(81)64-60-56-52-48-14-12-10-8-6-4-2/h9,11,15-17,19,23,25,60,64,70-72,75-78,80-81,84-86H,3-8,10,12-14,18,20-22,24,26-59,61-63,65-69H2,1-2H3,(H,79,82)/b11-9-,16-15-,19-17-,25-23-,64-60+. The number of allylic oxidation sites excluding steroid dienone is 9. The Kier molecular flexibility index (Phi) is 63.3. The van der Waals surface area contributed by atoms with Crippen molar-refractivity contribution in [2.24, 2.45) is 0 Å². The molecule has 1 amide bonds. The highest BCUT2D eigenvalue weighted by atomic mass is 16.7. The number of hydrogen-bond donors (Lipinski definition) is 6. The van der Waals surface area contributed by atoms with Gasteiger partial charge in [0, 0.05) is 12.8 Å². The minimum absolute atomic E-state index is 0.00223. The lowest BCUT2D eigenvalue weighted by Crippen LogP contribution is -2.60. The van der Waals surface area contributed by atoms with Crippen LogP contribution in [-0.2, 0) is 23.8 Å². The van der Waals surface area contributed by atoms with Crippen LogP contribution in [0.1, 0.15) is 361 Å². The summed E-state index contributed by atoms with van der Waals surface area (Å²) in [5.41, 5.74) is 0. The third kappa shape index (κ3) is 55.5. The van der Waals surface area contributed by atoms with Crippen molar-refractivity contribution in [3.8, 4) is 0 Å². The number of unbranched alkanes of at least 4 members (excludes halogenated alkanes) is 45. The Balaban J connectivity index is 1.90. The van der Waals surface area contributed by atoms with E-state index < -0.39 is 49.5 Å². The highest BCUT2D eigenvalue weighted by Gasteiger charge is 2.44. The zero-order chi connectivity index (χ0) is 64.4. The van der Waals surface area contributed by atoms with Gasteiger partial charge in [0.15, 0.2) is 6.29 Å². The first-order valence-corrected chi connectivity index (χ1v) is 38.1. The summed E-state index contributed by atoms with van der Waals surface area (Å²) in [7, 11) is 0. The molecule has 11 nitrogen and oxygen atoms in total. The first-order valence-electron chi connectivity index (χ1n) is 38.1. The third-order valence-corrected chi connectivity index (χ3v) is 17.8. The molecule has 520 valence electrons. The van der Waals surface area contributed by atoms with Crippen LogP contribution in [0.2, 0.25) is 0 Å². The Morgan fingerprint density at radius 1 is 0.416 bits per heavy atom. The van der Waals surface area contributed by atoms with E-state index in [1.807, 2.05) is 6.08 Å². The summed E-state index contributed by atoms with van der Waals surface area (Å²) in [6.45, 7) is 4.31. The summed E-state index contributed by atoms with van der Waals surface area (Å²) in [6.07, 6.45) is 79.6. The summed E-state index contributed by atoms with van der Waals surface area (Å²) >= 11 is 0. The van der Waals surface area contributed by atoms with Gasteiger partial charge in [0.2, 0.25) is 5.91 Å². The average molecular weight is 1250 g/mol. The maximum absolute atomic E-state index is 13.0. The molecular weight excluding hydrogens is 1110 g/mol. The number of rotatable bonds is 67. The zero-order valence-electron chi connectivity index (χ0n) is 57.9. The monoisotopic (exact) mass is 1250 g/mol. The SMILES string of the molecule is CCCC/C=C\C/C=C\CCCCCCCC(=O)OCCCCCCCCCCCCCCC/C=C\C/C=C\CCCCCCCCCCCCCCCCCCCC(=O)NC(COC1OC(CO)C(O)C(O)C1O)C(O)/C=C/CCCCCCCCCC. The molecular formula is C78H143NO10. The normalized spacial score (nSPS) is 18.0. The number of aliphatic hydroxyl groups excluding tert-OH is 5. The van der Waals surface area contributed by atoms with Crippen molar-refractivity contribution in [1.82, 2.24) is 5.32 Å². The average Bonchev–Trinajstić information content (AvgIpc) is 2.38. The minimum atomic E-state index is -1.57. The van der Waals surface area contributed by atoms with Crippen molar-refractivity contribution in [3.05, 3.63) is 60.8 Å². The molecule has 11 heteroatoms. The molecule has 7 atom stereocenters. The molecule has 0 spiro atoms. The van der Waals surface area contributed by atoms with Gasteiger partial charge in [0.1, 0.15) is 24.4 Å². The molecule has 1 rings (SSSR count). The van der Waals surface area contributed by atoms with Gasteiger partial charge in [-0.15, -0.1) is 0 Å². The van der Waals surface area contributed by atoms with Gasteiger partial charge < -0.3 is 45.1 Å². The molecule has 6 N–H and O–H groups in total. The summed E-state index contributed by atoms with van der Waals surface area (Å²) in [6, 6.07) is -0.808. The molecule has 0 aromatic rings. The van der Waals surface area contributed by atoms with Crippen LogP contribution in [0.15, 0.2) is 60.8 Å². The molecule has 0 saturated carbocycles. The van der Waals surface area contributed by atoms with Crippen LogP contribution >= 0.6 is 0 Å². The lowest BCUT2D eigenvalue weighted by atomic mass is 9.99. The van der Waals surface area contributed by atoms with Crippen molar-refractivity contribution in [2.45, 2.75) is 403 Å². The molecule has 0 aromatic carbocycles. The Bertz CT molecular complexity index is 1660. The number of esters is 1. The second-order valence-electron chi connectivity index (χ2n) is 26.3. The fourth-order valence-corrected chi connectivity index (χ4v) is 11.8. The second kappa shape index (κ2) is 66.8. The fourth-order valence-electron chi connectivity index (χ4n) is 11.8. The van der Waals surface area contributed by atoms with Crippen LogP contribution in [0.3, 0.4) is 0 Å². The number of aliphatic hydroxyl groups is 5. The van der Waals surface area contributed by atoms with E-state index in [0.29, 0.717) is 19.4 Å². The lowest BCUT2D eigenvalue weighted by molar-refractivity contribution is -0.302. The second-order valence-corrected chi connectivity index (χ2v) is 26.3. The van der Waals surface area contributed by atoms with Gasteiger partial charge in [-0.1, -0.05) is 319 Å². The fraction of sp³-hybridized carbons (Fsp3) is 0.846. The van der Waals surface area contributed by atoms with Crippen molar-refractivity contribution in [3.63, 3.8) is 0 Å². The van der Waals surface area contributed by atoms with E-state index in [9.17, 15) is 35.1 Å². The molecule has 7 unspecified atom stereocenters. The number of ether oxygens (including phenoxy) is 3. The maximum Gasteiger partial charge on any atom is 0.305 e. The molecule has 0 aliphatic carbocycles. The van der Waals surface area contributed by atoms with Gasteiger partial charge in [-0.3, -0.25) is 9.59 Å². The van der Waals surface area contributed by atoms with E-state index in [0.717, 1.165) is 70.6 Å². The lowest BCUT2D eigenvalue weighted by Gasteiger charge is -2.40. The molecule has 1 aliphatic heterocycles. The van der Waals surface area contributed by atoms with E-state index in [4.69, 9.17) is 14.2 Å². The summed E-state index contributed by atoms with van der Waals surface area (Å²) in [5.74, 6) is -0.182. The molecule has 1 aliphatic rings. The number of amides is 1. The predicted molar refractivity (Wildman–Crippen MR) is 375 cm³/mol. The Morgan fingerprint density at radius 2 is 0.764 bits per heavy atom. The highest BCUT2D eigenvalue weighted by molar-refractivity contribution is 5.76. The van der Waals surface area contributed by atoms with Crippen LogP contribution in [0.25, 0.3) is 0 Å². The summed E-state index contributed by atoms with van der Waals surface area (Å²) < 4.78 is 16.7. The van der Waals surface area contributed by atoms with Crippen LogP contribution < -0.4 is 5.32 Å². The minimum Gasteiger partial charge on any atom is -0.466 e. The molecule has 1 fully saturated rings. The van der Waals surface area contributed by atoms with Gasteiger partial charge in [0.05, 0.1) is 32.0 Å². The molecule has 0 radical (unpaired) electrons. The molecule has 1 heterocycles. The smallest absolute Gasteiger partial charge is 0.305 e. The van der Waals surface area contributed by atoms with E-state index in [2.05, 4.69) is 67.8 Å². The summed E-state index contributed by atoms with van der Waals surface area (Å²) in [4.78, 5) is 25.1. The van der Waals surface area contributed by atoms with Crippen LogP contribution in [0.5, 0.6) is 0 Å². The van der Waals surface area contributed by atoms with Crippen molar-refractivity contribution in [2.75, 3.05) is 19.8 Å². The number of carbonyl (C=O) groups excluding carboxylic acids is 2. The van der Waals surface area contributed by atoms with Gasteiger partial charge in [0.25, 0.3) is 0 Å². The topological polar surface area (TPSA) is 175 Å².